The Labute approximate surface area is 146 Å². The molecule has 0 aliphatic rings. The third-order valence-electron chi connectivity index (χ3n) is 3.50. The molecule has 3 aromatic rings. The molecule has 0 saturated carbocycles. The lowest BCUT2D eigenvalue weighted by atomic mass is 10.1. The number of nitrogens with zero attached hydrogens (tertiary/aromatic N) is 1. The van der Waals surface area contributed by atoms with Crippen LogP contribution in [0.25, 0.3) is 10.8 Å². The lowest BCUT2D eigenvalue weighted by molar-refractivity contribution is 0.415. The first-order valence-corrected chi connectivity index (χ1v) is 7.88. The average Bonchev–Trinajstić information content (AvgIpc) is 2.62. The largest absolute Gasteiger partial charge is 0.497 e. The molecule has 2 N–H and O–H groups in total. The molecule has 24 heavy (non-hydrogen) atoms. The molecule has 0 aromatic heterocycles. The monoisotopic (exact) mass is 335 g/mol. The number of nitrogens with one attached hydrogen (secondary N) is 2. The van der Waals surface area contributed by atoms with Crippen molar-refractivity contribution in [3.05, 3.63) is 72.3 Å². The van der Waals surface area contributed by atoms with Gasteiger partial charge in [-0.25, -0.2) is 0 Å². The standard InChI is InChI=1S/C19H17N3OS/c1-23-18-10-8-17(9-11-18)21-19(24)22-20-13-14-6-7-15-4-2-3-5-16(15)12-14/h2-13H,1H3,(H2,21,22,24)/b20-13+. The Morgan fingerprint density at radius 3 is 2.50 bits per heavy atom. The highest BCUT2D eigenvalue weighted by Gasteiger charge is 1.97. The fourth-order valence-corrected chi connectivity index (χ4v) is 2.46. The number of hydrazone groups is 1. The molecule has 0 unspecified atom stereocenters. The quantitative estimate of drug-likeness (QED) is 0.427. The Morgan fingerprint density at radius 1 is 1.00 bits per heavy atom. The summed E-state index contributed by atoms with van der Waals surface area (Å²) in [4.78, 5) is 0. The summed E-state index contributed by atoms with van der Waals surface area (Å²) in [7, 11) is 1.64. The lowest BCUT2D eigenvalue weighted by Crippen LogP contribution is -2.23. The maximum atomic E-state index is 5.22. The highest BCUT2D eigenvalue weighted by atomic mass is 32.1. The van der Waals surface area contributed by atoms with Crippen LogP contribution in [0.4, 0.5) is 5.69 Å². The summed E-state index contributed by atoms with van der Waals surface area (Å²) in [5, 5.41) is 10.1. The summed E-state index contributed by atoms with van der Waals surface area (Å²) in [5.74, 6) is 0.800. The van der Waals surface area contributed by atoms with E-state index in [1.165, 1.54) is 10.8 Å². The predicted molar refractivity (Wildman–Crippen MR) is 104 cm³/mol. The highest BCUT2D eigenvalue weighted by molar-refractivity contribution is 7.80. The molecule has 3 aromatic carbocycles. The molecule has 5 heteroatoms. The molecule has 0 atom stereocenters. The summed E-state index contributed by atoms with van der Waals surface area (Å²) in [6.07, 6.45) is 1.74. The van der Waals surface area contributed by atoms with E-state index in [-0.39, 0.29) is 0 Å². The van der Waals surface area contributed by atoms with Gasteiger partial charge in [-0.15, -0.1) is 0 Å². The van der Waals surface area contributed by atoms with Gasteiger partial charge in [0.15, 0.2) is 5.11 Å². The first-order chi connectivity index (χ1) is 11.7. The molecule has 0 spiro atoms. The Kier molecular flexibility index (Phi) is 5.03. The third-order valence-corrected chi connectivity index (χ3v) is 3.69. The second-order valence-corrected chi connectivity index (χ2v) is 5.57. The summed E-state index contributed by atoms with van der Waals surface area (Å²) >= 11 is 5.22. The van der Waals surface area contributed by atoms with Crippen LogP contribution in [-0.2, 0) is 0 Å². The van der Waals surface area contributed by atoms with Gasteiger partial charge in [-0.2, -0.15) is 5.10 Å². The minimum absolute atomic E-state index is 0.428. The van der Waals surface area contributed by atoms with Crippen LogP contribution in [0.5, 0.6) is 5.75 Å². The minimum atomic E-state index is 0.428. The molecule has 0 radical (unpaired) electrons. The number of thiocarbonyl (C=S) groups is 1. The van der Waals surface area contributed by atoms with Crippen LogP contribution in [0.1, 0.15) is 5.56 Å². The van der Waals surface area contributed by atoms with E-state index >= 15 is 0 Å². The van der Waals surface area contributed by atoms with Gasteiger partial charge in [-0.1, -0.05) is 36.4 Å². The van der Waals surface area contributed by atoms with Crippen LogP contribution in [0.2, 0.25) is 0 Å². The molecule has 120 valence electrons. The fourth-order valence-electron chi connectivity index (χ4n) is 2.29. The molecular formula is C19H17N3OS. The SMILES string of the molecule is COc1ccc(NC(=S)N/N=C/c2ccc3ccccc3c2)cc1. The van der Waals surface area contributed by atoms with Crippen molar-refractivity contribution < 1.29 is 4.74 Å². The van der Waals surface area contributed by atoms with E-state index in [1.54, 1.807) is 13.3 Å². The van der Waals surface area contributed by atoms with E-state index in [0.717, 1.165) is 17.0 Å². The van der Waals surface area contributed by atoms with Gasteiger partial charge in [-0.05, 0) is 58.9 Å². The van der Waals surface area contributed by atoms with E-state index in [2.05, 4.69) is 40.1 Å². The molecular weight excluding hydrogens is 318 g/mol. The Hall–Kier alpha value is -2.92. The predicted octanol–water partition coefficient (Wildman–Crippen LogP) is 4.17. The second-order valence-electron chi connectivity index (χ2n) is 5.16. The topological polar surface area (TPSA) is 45.6 Å². The van der Waals surface area contributed by atoms with Crippen molar-refractivity contribution >= 4 is 40.0 Å². The van der Waals surface area contributed by atoms with E-state index in [1.807, 2.05) is 42.5 Å². The summed E-state index contributed by atoms with van der Waals surface area (Å²) in [6.45, 7) is 0. The van der Waals surface area contributed by atoms with Crippen molar-refractivity contribution in [3.63, 3.8) is 0 Å². The zero-order valence-electron chi connectivity index (χ0n) is 13.2. The number of hydrogen-bond acceptors (Lipinski definition) is 3. The fraction of sp³-hybridized carbons (Fsp3) is 0.0526. The van der Waals surface area contributed by atoms with Gasteiger partial charge in [0, 0.05) is 5.69 Å². The molecule has 3 rings (SSSR count). The van der Waals surface area contributed by atoms with Crippen LogP contribution in [0, 0.1) is 0 Å². The Balaban J connectivity index is 1.58. The molecule has 0 amide bonds. The van der Waals surface area contributed by atoms with Crippen LogP contribution >= 0.6 is 12.2 Å². The maximum absolute atomic E-state index is 5.22. The Morgan fingerprint density at radius 2 is 1.75 bits per heavy atom. The maximum Gasteiger partial charge on any atom is 0.191 e. The van der Waals surface area contributed by atoms with Gasteiger partial charge >= 0.3 is 0 Å². The van der Waals surface area contributed by atoms with Crippen molar-refractivity contribution in [2.45, 2.75) is 0 Å². The van der Waals surface area contributed by atoms with Gasteiger partial charge in [0.05, 0.1) is 13.3 Å². The van der Waals surface area contributed by atoms with Crippen LogP contribution < -0.4 is 15.5 Å². The molecule has 0 heterocycles. The van der Waals surface area contributed by atoms with Gasteiger partial charge in [0.1, 0.15) is 5.75 Å². The molecule has 0 fully saturated rings. The number of ether oxygens (including phenoxy) is 1. The van der Waals surface area contributed by atoms with Crippen molar-refractivity contribution in [1.29, 1.82) is 0 Å². The molecule has 4 nitrogen and oxygen atoms in total. The number of rotatable bonds is 4. The van der Waals surface area contributed by atoms with Crippen LogP contribution in [0.15, 0.2) is 71.8 Å². The van der Waals surface area contributed by atoms with Crippen LogP contribution in [-0.4, -0.2) is 18.4 Å². The normalized spacial score (nSPS) is 10.7. The van der Waals surface area contributed by atoms with E-state index < -0.39 is 0 Å². The van der Waals surface area contributed by atoms with Gasteiger partial charge < -0.3 is 10.1 Å². The zero-order valence-corrected chi connectivity index (χ0v) is 14.0. The molecule has 0 saturated heterocycles. The number of fused-ring (bicyclic) bond motifs is 1. The van der Waals surface area contributed by atoms with Crippen LogP contribution in [0.3, 0.4) is 0 Å². The second kappa shape index (κ2) is 7.57. The average molecular weight is 335 g/mol. The number of anilines is 1. The van der Waals surface area contributed by atoms with Gasteiger partial charge in [0.25, 0.3) is 0 Å². The molecule has 0 bridgehead atoms. The van der Waals surface area contributed by atoms with Crippen molar-refractivity contribution in [2.24, 2.45) is 5.10 Å². The summed E-state index contributed by atoms with van der Waals surface area (Å²) in [5.41, 5.74) is 4.69. The number of hydrogen-bond donors (Lipinski definition) is 2. The van der Waals surface area contributed by atoms with Crippen molar-refractivity contribution in [1.82, 2.24) is 5.43 Å². The highest BCUT2D eigenvalue weighted by Crippen LogP contribution is 2.15. The van der Waals surface area contributed by atoms with E-state index in [0.29, 0.717) is 5.11 Å². The van der Waals surface area contributed by atoms with Crippen molar-refractivity contribution in [2.75, 3.05) is 12.4 Å². The Bertz CT molecular complexity index is 875. The zero-order chi connectivity index (χ0) is 16.8. The smallest absolute Gasteiger partial charge is 0.191 e. The van der Waals surface area contributed by atoms with E-state index in [9.17, 15) is 0 Å². The summed E-state index contributed by atoms with van der Waals surface area (Å²) < 4.78 is 5.12. The first-order valence-electron chi connectivity index (χ1n) is 7.47. The number of methoxy groups -OCH3 is 1. The van der Waals surface area contributed by atoms with Gasteiger partial charge in [0.2, 0.25) is 0 Å². The van der Waals surface area contributed by atoms with Crippen molar-refractivity contribution in [3.8, 4) is 5.75 Å². The van der Waals surface area contributed by atoms with E-state index in [4.69, 9.17) is 17.0 Å². The molecule has 0 aliphatic heterocycles. The number of benzene rings is 3. The van der Waals surface area contributed by atoms with Gasteiger partial charge in [-0.3, -0.25) is 5.43 Å². The third kappa shape index (κ3) is 4.08. The summed E-state index contributed by atoms with van der Waals surface area (Å²) in [6, 6.07) is 21.9. The lowest BCUT2D eigenvalue weighted by Gasteiger charge is -2.07. The minimum Gasteiger partial charge on any atom is -0.497 e. The first kappa shape index (κ1) is 16.0. The molecule has 0 aliphatic carbocycles.